The molecule has 2 fully saturated rings. The van der Waals surface area contributed by atoms with Crippen LogP contribution in [0.2, 0.25) is 0 Å². The van der Waals surface area contributed by atoms with Gasteiger partial charge in [0, 0.05) is 30.4 Å². The van der Waals surface area contributed by atoms with Gasteiger partial charge >= 0.3 is 7.82 Å². The summed E-state index contributed by atoms with van der Waals surface area (Å²) in [5, 5.41) is 9.86. The molecular formula is C24H37FN7O5P. The van der Waals surface area contributed by atoms with Crippen LogP contribution < -0.4 is 20.7 Å². The van der Waals surface area contributed by atoms with Gasteiger partial charge in [0.1, 0.15) is 0 Å². The molecule has 1 saturated heterocycles. The fourth-order valence-corrected chi connectivity index (χ4v) is 5.11. The van der Waals surface area contributed by atoms with Gasteiger partial charge in [-0.25, -0.2) is 13.5 Å². The second-order valence-electron chi connectivity index (χ2n) is 9.60. The van der Waals surface area contributed by atoms with Crippen molar-refractivity contribution in [3.05, 3.63) is 24.0 Å². The monoisotopic (exact) mass is 553 g/mol. The van der Waals surface area contributed by atoms with Gasteiger partial charge < -0.3 is 30.5 Å². The highest BCUT2D eigenvalue weighted by Gasteiger charge is 2.23. The van der Waals surface area contributed by atoms with Crippen LogP contribution in [0.5, 0.6) is 5.75 Å². The normalized spacial score (nSPS) is 19.2. The van der Waals surface area contributed by atoms with E-state index in [4.69, 9.17) is 14.5 Å². The first kappa shape index (κ1) is 28.4. The number of anilines is 4. The summed E-state index contributed by atoms with van der Waals surface area (Å²) >= 11 is 0. The molecule has 4 rings (SSSR count). The summed E-state index contributed by atoms with van der Waals surface area (Å²) in [4.78, 5) is 33.6. The number of nitrogens with zero attached hydrogens (tertiary/aromatic N) is 4. The minimum absolute atomic E-state index is 0.213. The average molecular weight is 554 g/mol. The van der Waals surface area contributed by atoms with E-state index < -0.39 is 20.4 Å². The summed E-state index contributed by atoms with van der Waals surface area (Å²) in [6.45, 7) is 4.19. The van der Waals surface area contributed by atoms with Crippen LogP contribution >= 0.6 is 7.82 Å². The Morgan fingerprint density at radius 1 is 1.05 bits per heavy atom. The minimum atomic E-state index is -4.71. The molecule has 1 aliphatic heterocycles. The zero-order chi connectivity index (χ0) is 27.0. The maximum absolute atomic E-state index is 14.5. The first-order valence-corrected chi connectivity index (χ1v) is 14.7. The molecule has 1 aliphatic carbocycles. The number of phosphoric acid groups is 1. The standard InChI is InChI=1S/C24H37FN7O5P/c1-2-32-13-7-10-19(32)15-26-22-29-23(27-17-8-5-3-4-6-9-17)31-24(30-22)28-18-11-12-21(20(25)14-18)36-16-37-38(33,34)35/h11-12,14,17,19H,2-10,13,15-16H2,1H3,(H2,33,34,35)(H3,26,27,28,29,30,31). The molecule has 1 atom stereocenters. The largest absolute Gasteiger partial charge is 0.472 e. The van der Waals surface area contributed by atoms with Crippen molar-refractivity contribution in [1.29, 1.82) is 0 Å². The molecule has 1 unspecified atom stereocenters. The van der Waals surface area contributed by atoms with Crippen molar-refractivity contribution in [3.8, 4) is 5.75 Å². The lowest BCUT2D eigenvalue weighted by Gasteiger charge is -2.23. The van der Waals surface area contributed by atoms with Crippen LogP contribution in [0.15, 0.2) is 18.2 Å². The molecule has 2 aromatic rings. The number of nitrogens with one attached hydrogen (secondary N) is 3. The van der Waals surface area contributed by atoms with Crippen molar-refractivity contribution in [2.45, 2.75) is 70.4 Å². The zero-order valence-electron chi connectivity index (χ0n) is 21.6. The third-order valence-electron chi connectivity index (χ3n) is 6.85. The molecule has 14 heteroatoms. The number of phosphoric ester groups is 1. The lowest BCUT2D eigenvalue weighted by atomic mass is 10.1. The van der Waals surface area contributed by atoms with Crippen molar-refractivity contribution >= 4 is 31.4 Å². The smallest absolute Gasteiger partial charge is 0.464 e. The predicted molar refractivity (Wildman–Crippen MR) is 142 cm³/mol. The van der Waals surface area contributed by atoms with Crippen molar-refractivity contribution in [1.82, 2.24) is 19.9 Å². The zero-order valence-corrected chi connectivity index (χ0v) is 22.5. The van der Waals surface area contributed by atoms with Gasteiger partial charge in [-0.05, 0) is 50.9 Å². The Hall–Kier alpha value is -2.57. The van der Waals surface area contributed by atoms with Crippen LogP contribution in [0, 0.1) is 5.82 Å². The van der Waals surface area contributed by atoms with E-state index in [0.29, 0.717) is 23.6 Å². The van der Waals surface area contributed by atoms with E-state index in [9.17, 15) is 8.96 Å². The molecule has 1 saturated carbocycles. The second-order valence-corrected chi connectivity index (χ2v) is 10.8. The van der Waals surface area contributed by atoms with Crippen LogP contribution in [-0.4, -0.2) is 68.1 Å². The van der Waals surface area contributed by atoms with Crippen molar-refractivity contribution in [2.75, 3.05) is 42.4 Å². The molecule has 210 valence electrons. The van der Waals surface area contributed by atoms with E-state index in [2.05, 4.69) is 47.2 Å². The quantitative estimate of drug-likeness (QED) is 0.145. The highest BCUT2D eigenvalue weighted by molar-refractivity contribution is 7.46. The number of hydrogen-bond acceptors (Lipinski definition) is 10. The van der Waals surface area contributed by atoms with Crippen molar-refractivity contribution in [3.63, 3.8) is 0 Å². The van der Waals surface area contributed by atoms with Crippen LogP contribution in [0.25, 0.3) is 0 Å². The van der Waals surface area contributed by atoms with E-state index in [1.165, 1.54) is 44.2 Å². The first-order chi connectivity index (χ1) is 18.3. The lowest BCUT2D eigenvalue weighted by molar-refractivity contribution is 0.0798. The SMILES string of the molecule is CCN1CCCC1CNc1nc(Nc2ccc(OCOP(=O)(O)O)c(F)c2)nc(NC2CCCCCC2)n1. The summed E-state index contributed by atoms with van der Waals surface area (Å²) in [6.07, 6.45) is 9.22. The molecule has 5 N–H and O–H groups in total. The Morgan fingerprint density at radius 2 is 1.79 bits per heavy atom. The van der Waals surface area contributed by atoms with Crippen molar-refractivity contribution in [2.24, 2.45) is 0 Å². The molecule has 12 nitrogen and oxygen atoms in total. The Labute approximate surface area is 222 Å². The Morgan fingerprint density at radius 3 is 2.50 bits per heavy atom. The first-order valence-electron chi connectivity index (χ1n) is 13.2. The topological polar surface area (TPSA) is 154 Å². The minimum Gasteiger partial charge on any atom is -0.464 e. The van der Waals surface area contributed by atoms with Gasteiger partial charge in [0.05, 0.1) is 0 Å². The van der Waals surface area contributed by atoms with Crippen LogP contribution in [0.3, 0.4) is 0 Å². The third kappa shape index (κ3) is 8.74. The number of likely N-dealkylation sites (tertiary alicyclic amines) is 1. The summed E-state index contributed by atoms with van der Waals surface area (Å²) in [7, 11) is -4.71. The van der Waals surface area contributed by atoms with E-state index in [0.717, 1.165) is 38.9 Å². The number of aromatic nitrogens is 3. The van der Waals surface area contributed by atoms with Gasteiger partial charge in [-0.15, -0.1) is 0 Å². The van der Waals surface area contributed by atoms with Crippen LogP contribution in [-0.2, 0) is 9.09 Å². The molecule has 1 aromatic heterocycles. The molecule has 2 aliphatic rings. The summed E-state index contributed by atoms with van der Waals surface area (Å²) in [5.41, 5.74) is 0.372. The Bertz CT molecular complexity index is 1100. The van der Waals surface area contributed by atoms with Gasteiger partial charge in [-0.2, -0.15) is 15.0 Å². The highest BCUT2D eigenvalue weighted by atomic mass is 31.2. The fraction of sp³-hybridized carbons (Fsp3) is 0.625. The second kappa shape index (κ2) is 13.5. The molecule has 1 aromatic carbocycles. The predicted octanol–water partition coefficient (Wildman–Crippen LogP) is 4.23. The maximum atomic E-state index is 14.5. The van der Waals surface area contributed by atoms with E-state index >= 15 is 0 Å². The number of rotatable bonds is 12. The highest BCUT2D eigenvalue weighted by Crippen LogP contribution is 2.36. The average Bonchev–Trinajstić information content (AvgIpc) is 3.18. The summed E-state index contributed by atoms with van der Waals surface area (Å²) in [6, 6.07) is 4.76. The molecule has 0 spiro atoms. The maximum Gasteiger partial charge on any atom is 0.472 e. The van der Waals surface area contributed by atoms with Crippen LogP contribution in [0.4, 0.5) is 27.9 Å². The van der Waals surface area contributed by atoms with Gasteiger partial charge in [0.25, 0.3) is 0 Å². The molecule has 0 bridgehead atoms. The van der Waals surface area contributed by atoms with E-state index in [1.54, 1.807) is 6.07 Å². The molecular weight excluding hydrogens is 516 g/mol. The fourth-order valence-electron chi connectivity index (χ4n) is 4.92. The molecule has 0 amide bonds. The Kier molecular flexibility index (Phi) is 10.1. The number of ether oxygens (including phenoxy) is 1. The van der Waals surface area contributed by atoms with Crippen molar-refractivity contribution < 1.29 is 28.0 Å². The third-order valence-corrected chi connectivity index (χ3v) is 7.29. The van der Waals surface area contributed by atoms with E-state index in [-0.39, 0.29) is 17.7 Å². The van der Waals surface area contributed by atoms with Gasteiger partial charge in [-0.1, -0.05) is 32.6 Å². The number of hydrogen-bond donors (Lipinski definition) is 5. The lowest BCUT2D eigenvalue weighted by Crippen LogP contribution is -2.35. The number of benzene rings is 1. The van der Waals surface area contributed by atoms with Gasteiger partial charge in [0.2, 0.25) is 24.6 Å². The van der Waals surface area contributed by atoms with E-state index in [1.807, 2.05) is 0 Å². The molecule has 2 heterocycles. The number of likely N-dealkylation sites (N-methyl/N-ethyl adjacent to an activating group) is 1. The molecule has 38 heavy (non-hydrogen) atoms. The van der Waals surface area contributed by atoms with Crippen LogP contribution in [0.1, 0.15) is 58.3 Å². The molecule has 0 radical (unpaired) electrons. The summed E-state index contributed by atoms with van der Waals surface area (Å²) < 4.78 is 34.5. The number of halogens is 1. The van der Waals surface area contributed by atoms with Gasteiger partial charge in [0.15, 0.2) is 11.6 Å². The van der Waals surface area contributed by atoms with Gasteiger partial charge in [-0.3, -0.25) is 4.90 Å². The summed E-state index contributed by atoms with van der Waals surface area (Å²) in [5.74, 6) is 0.210. The Balaban J connectivity index is 1.47.